The Morgan fingerprint density at radius 1 is 1.41 bits per heavy atom. The second-order valence-corrected chi connectivity index (χ2v) is 6.21. The number of rotatable bonds is 4. The van der Waals surface area contributed by atoms with Gasteiger partial charge in [-0.1, -0.05) is 0 Å². The first-order chi connectivity index (χ1) is 10.7. The third-order valence-electron chi connectivity index (χ3n) is 4.55. The summed E-state index contributed by atoms with van der Waals surface area (Å²) in [5.41, 5.74) is 0. The van der Waals surface area contributed by atoms with Crippen molar-refractivity contribution in [1.82, 2.24) is 25.4 Å². The minimum absolute atomic E-state index is 0.207. The van der Waals surface area contributed by atoms with Crippen LogP contribution in [0.2, 0.25) is 0 Å². The van der Waals surface area contributed by atoms with Gasteiger partial charge in [-0.05, 0) is 45.2 Å². The summed E-state index contributed by atoms with van der Waals surface area (Å²) in [4.78, 5) is 18.6. The van der Waals surface area contributed by atoms with E-state index in [1.54, 1.807) is 0 Å². The molecule has 1 aromatic heterocycles. The quantitative estimate of drug-likeness (QED) is 0.859. The molecule has 2 N–H and O–H groups in total. The molecule has 7 nitrogen and oxygen atoms in total. The van der Waals surface area contributed by atoms with E-state index in [2.05, 4.69) is 20.5 Å². The van der Waals surface area contributed by atoms with E-state index >= 15 is 0 Å². The van der Waals surface area contributed by atoms with Gasteiger partial charge in [0, 0.05) is 13.0 Å². The number of morpholine rings is 1. The number of ether oxygens (including phenoxy) is 1. The van der Waals surface area contributed by atoms with Crippen molar-refractivity contribution in [2.45, 2.75) is 38.7 Å². The molecule has 122 valence electrons. The van der Waals surface area contributed by atoms with Crippen molar-refractivity contribution < 1.29 is 9.53 Å². The Hall–Kier alpha value is -1.47. The van der Waals surface area contributed by atoms with Crippen LogP contribution < -0.4 is 5.32 Å². The Bertz CT molecular complexity index is 498. The number of nitrogens with zero attached hydrogens (tertiary/aromatic N) is 3. The fraction of sp³-hybridized carbons (Fsp3) is 0.800. The van der Waals surface area contributed by atoms with Gasteiger partial charge < -0.3 is 15.0 Å². The molecule has 2 aliphatic rings. The summed E-state index contributed by atoms with van der Waals surface area (Å²) < 4.78 is 5.71. The van der Waals surface area contributed by atoms with E-state index in [1.807, 2.05) is 11.8 Å². The normalized spacial score (nSPS) is 23.7. The van der Waals surface area contributed by atoms with E-state index in [0.717, 1.165) is 25.3 Å². The Morgan fingerprint density at radius 2 is 2.23 bits per heavy atom. The standard InChI is InChI=1S/C15H25N5O2/c1-11-17-15(19-18-11)13-10-20(8-9-22-13)14(21)3-2-12-4-6-16-7-5-12/h12-13,16H,2-10H2,1H3,(H,17,18,19). The number of nitrogens with one attached hydrogen (secondary N) is 2. The smallest absolute Gasteiger partial charge is 0.222 e. The summed E-state index contributed by atoms with van der Waals surface area (Å²) in [5.74, 6) is 2.35. The maximum absolute atomic E-state index is 12.4. The lowest BCUT2D eigenvalue weighted by atomic mass is 9.93. The van der Waals surface area contributed by atoms with Crippen LogP contribution in [-0.2, 0) is 9.53 Å². The second kappa shape index (κ2) is 7.19. The van der Waals surface area contributed by atoms with Crippen LogP contribution in [0, 0.1) is 12.8 Å². The van der Waals surface area contributed by atoms with Crippen LogP contribution in [-0.4, -0.2) is 58.8 Å². The molecule has 0 aliphatic carbocycles. The van der Waals surface area contributed by atoms with Crippen LogP contribution >= 0.6 is 0 Å². The lowest BCUT2D eigenvalue weighted by Crippen LogP contribution is -2.42. The third-order valence-corrected chi connectivity index (χ3v) is 4.55. The molecule has 3 rings (SSSR count). The third kappa shape index (κ3) is 3.84. The number of carbonyl (C=O) groups is 1. The summed E-state index contributed by atoms with van der Waals surface area (Å²) in [5, 5.41) is 10.3. The Balaban J connectivity index is 1.49. The van der Waals surface area contributed by atoms with Crippen LogP contribution in [0.1, 0.15) is 43.4 Å². The molecular weight excluding hydrogens is 282 g/mol. The molecule has 1 unspecified atom stereocenters. The van der Waals surface area contributed by atoms with Crippen LogP contribution in [0.3, 0.4) is 0 Å². The number of aryl methyl sites for hydroxylation is 1. The average Bonchev–Trinajstić information content (AvgIpc) is 3.00. The van der Waals surface area contributed by atoms with Crippen LogP contribution in [0.5, 0.6) is 0 Å². The molecule has 2 aliphatic heterocycles. The van der Waals surface area contributed by atoms with Gasteiger partial charge in [0.2, 0.25) is 5.91 Å². The maximum Gasteiger partial charge on any atom is 0.222 e. The number of hydrogen-bond donors (Lipinski definition) is 2. The van der Waals surface area contributed by atoms with Gasteiger partial charge in [-0.2, -0.15) is 5.10 Å². The first kappa shape index (κ1) is 15.4. The molecule has 0 saturated carbocycles. The molecule has 2 saturated heterocycles. The highest BCUT2D eigenvalue weighted by molar-refractivity contribution is 5.76. The number of hydrogen-bond acceptors (Lipinski definition) is 5. The molecule has 2 fully saturated rings. The number of amides is 1. The largest absolute Gasteiger partial charge is 0.366 e. The van der Waals surface area contributed by atoms with Gasteiger partial charge in [0.25, 0.3) is 0 Å². The Morgan fingerprint density at radius 3 is 2.95 bits per heavy atom. The molecule has 1 aromatic rings. The van der Waals surface area contributed by atoms with E-state index in [4.69, 9.17) is 4.74 Å². The first-order valence-corrected chi connectivity index (χ1v) is 8.21. The van der Waals surface area contributed by atoms with Crippen LogP contribution in [0.4, 0.5) is 0 Å². The molecule has 3 heterocycles. The van der Waals surface area contributed by atoms with Crippen molar-refractivity contribution in [3.05, 3.63) is 11.6 Å². The van der Waals surface area contributed by atoms with E-state index in [1.165, 1.54) is 12.8 Å². The van der Waals surface area contributed by atoms with Crippen molar-refractivity contribution in [3.63, 3.8) is 0 Å². The predicted octanol–water partition coefficient (Wildman–Crippen LogP) is 0.793. The zero-order valence-corrected chi connectivity index (χ0v) is 13.2. The fourth-order valence-corrected chi connectivity index (χ4v) is 3.19. The monoisotopic (exact) mass is 307 g/mol. The van der Waals surface area contributed by atoms with E-state index in [9.17, 15) is 4.79 Å². The topological polar surface area (TPSA) is 83.1 Å². The van der Waals surface area contributed by atoms with Gasteiger partial charge in [-0.3, -0.25) is 9.89 Å². The molecule has 1 amide bonds. The first-order valence-electron chi connectivity index (χ1n) is 8.21. The number of aromatic nitrogens is 3. The van der Waals surface area contributed by atoms with Gasteiger partial charge >= 0.3 is 0 Å². The number of piperidine rings is 1. The van der Waals surface area contributed by atoms with Crippen molar-refractivity contribution in [2.75, 3.05) is 32.8 Å². The summed E-state index contributed by atoms with van der Waals surface area (Å²) in [6, 6.07) is 0. The zero-order valence-electron chi connectivity index (χ0n) is 13.2. The fourth-order valence-electron chi connectivity index (χ4n) is 3.19. The second-order valence-electron chi connectivity index (χ2n) is 6.21. The number of aromatic amines is 1. The van der Waals surface area contributed by atoms with Crippen LogP contribution in [0.25, 0.3) is 0 Å². The minimum atomic E-state index is -0.207. The maximum atomic E-state index is 12.4. The average molecular weight is 307 g/mol. The molecule has 22 heavy (non-hydrogen) atoms. The van der Waals surface area contributed by atoms with Crippen LogP contribution in [0.15, 0.2) is 0 Å². The van der Waals surface area contributed by atoms with Gasteiger partial charge in [-0.15, -0.1) is 0 Å². The summed E-state index contributed by atoms with van der Waals surface area (Å²) in [7, 11) is 0. The minimum Gasteiger partial charge on any atom is -0.366 e. The Labute approximate surface area is 130 Å². The SMILES string of the molecule is Cc1nc(C2CN(C(=O)CCC3CCNCC3)CCO2)n[nH]1. The molecular formula is C15H25N5O2. The molecule has 0 aromatic carbocycles. The molecule has 0 radical (unpaired) electrons. The highest BCUT2D eigenvalue weighted by Gasteiger charge is 2.28. The van der Waals surface area contributed by atoms with Crippen molar-refractivity contribution in [1.29, 1.82) is 0 Å². The summed E-state index contributed by atoms with van der Waals surface area (Å²) in [6.07, 6.45) is 3.82. The van der Waals surface area contributed by atoms with Crippen molar-refractivity contribution >= 4 is 5.91 Å². The highest BCUT2D eigenvalue weighted by atomic mass is 16.5. The van der Waals surface area contributed by atoms with Crippen molar-refractivity contribution in [3.8, 4) is 0 Å². The van der Waals surface area contributed by atoms with Gasteiger partial charge in [0.1, 0.15) is 11.9 Å². The van der Waals surface area contributed by atoms with E-state index < -0.39 is 0 Å². The lowest BCUT2D eigenvalue weighted by molar-refractivity contribution is -0.139. The molecule has 1 atom stereocenters. The number of carbonyl (C=O) groups excluding carboxylic acids is 1. The van der Waals surface area contributed by atoms with Gasteiger partial charge in [0.05, 0.1) is 13.2 Å². The van der Waals surface area contributed by atoms with Crippen molar-refractivity contribution in [2.24, 2.45) is 5.92 Å². The highest BCUT2D eigenvalue weighted by Crippen LogP contribution is 2.22. The molecule has 0 spiro atoms. The van der Waals surface area contributed by atoms with E-state index in [-0.39, 0.29) is 12.0 Å². The zero-order chi connectivity index (χ0) is 15.4. The summed E-state index contributed by atoms with van der Waals surface area (Å²) in [6.45, 7) is 5.82. The molecule has 7 heteroatoms. The van der Waals surface area contributed by atoms with E-state index in [0.29, 0.717) is 37.9 Å². The van der Waals surface area contributed by atoms with Gasteiger partial charge in [0.15, 0.2) is 5.82 Å². The number of H-pyrrole nitrogens is 1. The summed E-state index contributed by atoms with van der Waals surface area (Å²) >= 11 is 0. The Kier molecular flexibility index (Phi) is 5.04. The molecule has 0 bridgehead atoms. The van der Waals surface area contributed by atoms with Gasteiger partial charge in [-0.25, -0.2) is 4.98 Å². The predicted molar refractivity (Wildman–Crippen MR) is 81.2 cm³/mol. The lowest BCUT2D eigenvalue weighted by Gasteiger charge is -2.32.